The molecule has 2 unspecified atom stereocenters. The third-order valence-corrected chi connectivity index (χ3v) is 6.54. The standard InChI is InChI=1S/C23H27N5O2/c1-27-12-11-24-21(27)23(29)18-6-3-7-19(23)16-28(15-18)14-17-5-2-8-20(13-17)30-22-25-9-4-10-26-22/h2,4-5,8-13,18-19,29H,3,6-7,14-16H2,1H3. The number of hydrogen-bond acceptors (Lipinski definition) is 6. The maximum absolute atomic E-state index is 11.7. The van der Waals surface area contributed by atoms with Gasteiger partial charge in [0.2, 0.25) is 0 Å². The van der Waals surface area contributed by atoms with E-state index in [1.165, 1.54) is 12.0 Å². The highest BCUT2D eigenvalue weighted by Gasteiger charge is 2.53. The SMILES string of the molecule is Cn1ccnc1C1(O)C2CCCC1CN(Cc1cccc(Oc3ncccn3)c1)C2. The molecule has 7 nitrogen and oxygen atoms in total. The maximum Gasteiger partial charge on any atom is 0.321 e. The molecule has 2 fully saturated rings. The molecule has 1 N–H and O–H groups in total. The molecule has 2 bridgehead atoms. The Balaban J connectivity index is 1.32. The van der Waals surface area contributed by atoms with Crippen molar-refractivity contribution in [1.82, 2.24) is 24.4 Å². The van der Waals surface area contributed by atoms with Crippen LogP contribution in [-0.2, 0) is 19.2 Å². The first-order valence-electron chi connectivity index (χ1n) is 10.6. The van der Waals surface area contributed by atoms with Crippen LogP contribution in [-0.4, -0.2) is 42.6 Å². The quantitative estimate of drug-likeness (QED) is 0.703. The van der Waals surface area contributed by atoms with Crippen LogP contribution in [0.5, 0.6) is 11.8 Å². The zero-order chi connectivity index (χ0) is 20.6. The predicted octanol–water partition coefficient (Wildman–Crippen LogP) is 3.12. The minimum absolute atomic E-state index is 0.197. The Morgan fingerprint density at radius 3 is 2.53 bits per heavy atom. The van der Waals surface area contributed by atoms with E-state index < -0.39 is 5.60 Å². The summed E-state index contributed by atoms with van der Waals surface area (Å²) in [5, 5.41) is 11.7. The van der Waals surface area contributed by atoms with Crippen molar-refractivity contribution in [3.8, 4) is 11.8 Å². The van der Waals surface area contributed by atoms with Gasteiger partial charge in [-0.15, -0.1) is 0 Å². The van der Waals surface area contributed by atoms with E-state index >= 15 is 0 Å². The van der Waals surface area contributed by atoms with Gasteiger partial charge in [-0.3, -0.25) is 4.90 Å². The molecular weight excluding hydrogens is 378 g/mol. The number of likely N-dealkylation sites (tertiary alicyclic amines) is 1. The number of benzene rings is 1. The van der Waals surface area contributed by atoms with Crippen molar-refractivity contribution >= 4 is 0 Å². The van der Waals surface area contributed by atoms with E-state index in [0.717, 1.165) is 44.0 Å². The van der Waals surface area contributed by atoms with E-state index in [1.54, 1.807) is 24.7 Å². The van der Waals surface area contributed by atoms with Gasteiger partial charge in [0.25, 0.3) is 0 Å². The summed E-state index contributed by atoms with van der Waals surface area (Å²) in [5.74, 6) is 1.95. The monoisotopic (exact) mass is 405 g/mol. The first kappa shape index (κ1) is 19.2. The zero-order valence-electron chi connectivity index (χ0n) is 17.2. The summed E-state index contributed by atoms with van der Waals surface area (Å²) in [6, 6.07) is 10.2. The number of fused-ring (bicyclic) bond motifs is 2. The van der Waals surface area contributed by atoms with Gasteiger partial charge in [0.05, 0.1) is 0 Å². The summed E-state index contributed by atoms with van der Waals surface area (Å²) in [6.07, 6.45) is 10.3. The minimum atomic E-state index is -0.831. The molecule has 2 aromatic heterocycles. The number of ether oxygens (including phenoxy) is 1. The molecule has 0 amide bonds. The van der Waals surface area contributed by atoms with Gasteiger partial charge in [0, 0.05) is 63.3 Å². The molecule has 1 aromatic carbocycles. The van der Waals surface area contributed by atoms with Gasteiger partial charge in [0.15, 0.2) is 0 Å². The second kappa shape index (κ2) is 7.81. The Morgan fingerprint density at radius 1 is 1.07 bits per heavy atom. The molecule has 1 saturated carbocycles. The number of nitrogens with zero attached hydrogens (tertiary/aromatic N) is 5. The van der Waals surface area contributed by atoms with Crippen LogP contribution < -0.4 is 4.74 Å². The summed E-state index contributed by atoms with van der Waals surface area (Å²) >= 11 is 0. The number of piperidine rings is 1. The van der Waals surface area contributed by atoms with Gasteiger partial charge in [-0.1, -0.05) is 18.6 Å². The fraction of sp³-hybridized carbons (Fsp3) is 0.435. The van der Waals surface area contributed by atoms with E-state index in [4.69, 9.17) is 4.74 Å². The van der Waals surface area contributed by atoms with Gasteiger partial charge in [-0.2, -0.15) is 0 Å². The van der Waals surface area contributed by atoms with Crippen molar-refractivity contribution in [3.05, 3.63) is 66.5 Å². The highest BCUT2D eigenvalue weighted by molar-refractivity contribution is 5.30. The summed E-state index contributed by atoms with van der Waals surface area (Å²) in [5.41, 5.74) is 0.353. The van der Waals surface area contributed by atoms with Crippen molar-refractivity contribution < 1.29 is 9.84 Å². The van der Waals surface area contributed by atoms with Gasteiger partial charge < -0.3 is 14.4 Å². The second-order valence-electron chi connectivity index (χ2n) is 8.49. The minimum Gasteiger partial charge on any atom is -0.424 e. The molecule has 30 heavy (non-hydrogen) atoms. The smallest absolute Gasteiger partial charge is 0.321 e. The van der Waals surface area contributed by atoms with Gasteiger partial charge in [0.1, 0.15) is 17.2 Å². The summed E-state index contributed by atoms with van der Waals surface area (Å²) < 4.78 is 7.77. The van der Waals surface area contributed by atoms with Crippen molar-refractivity contribution in [2.75, 3.05) is 13.1 Å². The van der Waals surface area contributed by atoms with Crippen LogP contribution in [0.1, 0.15) is 30.7 Å². The van der Waals surface area contributed by atoms with Crippen molar-refractivity contribution in [1.29, 1.82) is 0 Å². The first-order valence-corrected chi connectivity index (χ1v) is 10.6. The first-order chi connectivity index (χ1) is 14.6. The van der Waals surface area contributed by atoms with Crippen molar-refractivity contribution in [3.63, 3.8) is 0 Å². The molecule has 1 aliphatic heterocycles. The lowest BCUT2D eigenvalue weighted by atomic mass is 9.65. The van der Waals surface area contributed by atoms with Crippen LogP contribution in [0.3, 0.4) is 0 Å². The third-order valence-electron chi connectivity index (χ3n) is 6.54. The lowest BCUT2D eigenvalue weighted by Crippen LogP contribution is -2.58. The molecule has 3 heterocycles. The van der Waals surface area contributed by atoms with Crippen LogP contribution in [0.2, 0.25) is 0 Å². The summed E-state index contributed by atoms with van der Waals surface area (Å²) in [7, 11) is 1.98. The summed E-state index contributed by atoms with van der Waals surface area (Å²) in [4.78, 5) is 15.2. The lowest BCUT2D eigenvalue weighted by molar-refractivity contribution is -0.155. The summed E-state index contributed by atoms with van der Waals surface area (Å²) in [6.45, 7) is 2.57. The van der Waals surface area contributed by atoms with Crippen LogP contribution in [0.4, 0.5) is 0 Å². The van der Waals surface area contributed by atoms with E-state index in [0.29, 0.717) is 6.01 Å². The number of imidazole rings is 1. The fourth-order valence-corrected chi connectivity index (χ4v) is 5.20. The Labute approximate surface area is 176 Å². The van der Waals surface area contributed by atoms with Crippen molar-refractivity contribution in [2.45, 2.75) is 31.4 Å². The predicted molar refractivity (Wildman–Crippen MR) is 112 cm³/mol. The molecule has 2 aliphatic rings. The molecule has 0 radical (unpaired) electrons. The average Bonchev–Trinajstić information content (AvgIpc) is 3.16. The number of aryl methyl sites for hydroxylation is 1. The molecule has 3 aromatic rings. The molecule has 1 aliphatic carbocycles. The molecule has 5 rings (SSSR count). The normalized spacial score (nSPS) is 26.5. The lowest BCUT2D eigenvalue weighted by Gasteiger charge is -2.52. The zero-order valence-corrected chi connectivity index (χ0v) is 17.2. The maximum atomic E-state index is 11.7. The molecule has 156 valence electrons. The van der Waals surface area contributed by atoms with E-state index in [-0.39, 0.29) is 11.8 Å². The van der Waals surface area contributed by atoms with Crippen LogP contribution >= 0.6 is 0 Å². The Bertz CT molecular complexity index is 992. The van der Waals surface area contributed by atoms with E-state index in [2.05, 4.69) is 25.9 Å². The van der Waals surface area contributed by atoms with Crippen molar-refractivity contribution in [2.24, 2.45) is 18.9 Å². The second-order valence-corrected chi connectivity index (χ2v) is 8.49. The highest BCUT2D eigenvalue weighted by atomic mass is 16.5. The van der Waals surface area contributed by atoms with Crippen LogP contribution in [0.25, 0.3) is 0 Å². The fourth-order valence-electron chi connectivity index (χ4n) is 5.20. The van der Waals surface area contributed by atoms with Gasteiger partial charge >= 0.3 is 6.01 Å². The highest BCUT2D eigenvalue weighted by Crippen LogP contribution is 2.48. The molecular formula is C23H27N5O2. The molecule has 0 spiro atoms. The van der Waals surface area contributed by atoms with Gasteiger partial charge in [-0.05, 0) is 36.6 Å². The van der Waals surface area contributed by atoms with E-state index in [9.17, 15) is 5.11 Å². The number of hydrogen-bond donors (Lipinski definition) is 1. The topological polar surface area (TPSA) is 76.3 Å². The Morgan fingerprint density at radius 2 is 1.83 bits per heavy atom. The molecule has 1 saturated heterocycles. The number of rotatable bonds is 5. The molecule has 2 atom stereocenters. The van der Waals surface area contributed by atoms with E-state index in [1.807, 2.05) is 36.0 Å². The number of aliphatic hydroxyl groups is 1. The third kappa shape index (κ3) is 3.48. The van der Waals surface area contributed by atoms with Gasteiger partial charge in [-0.25, -0.2) is 15.0 Å². The largest absolute Gasteiger partial charge is 0.424 e. The van der Waals surface area contributed by atoms with Crippen LogP contribution in [0, 0.1) is 11.8 Å². The number of aromatic nitrogens is 4. The average molecular weight is 406 g/mol. The van der Waals surface area contributed by atoms with Crippen LogP contribution in [0.15, 0.2) is 55.1 Å². The Kier molecular flexibility index (Phi) is 5.00. The Hall–Kier alpha value is -2.77. The molecule has 7 heteroatoms.